The molecule has 0 spiro atoms. The van der Waals surface area contributed by atoms with E-state index in [-0.39, 0.29) is 42.8 Å². The van der Waals surface area contributed by atoms with Crippen LogP contribution in [0, 0.1) is 0 Å². The molecule has 0 aromatic heterocycles. The molecule has 1 saturated heterocycles. The normalized spacial score (nSPS) is 14.0. The van der Waals surface area contributed by atoms with Crippen LogP contribution in [0.2, 0.25) is 0 Å². The smallest absolute Gasteiger partial charge is 0.327 e. The number of aliphatic carboxylic acids is 1. The zero-order valence-electron chi connectivity index (χ0n) is 16.3. The van der Waals surface area contributed by atoms with Crippen LogP contribution >= 0.6 is 12.6 Å². The highest BCUT2D eigenvalue weighted by atomic mass is 32.1. The number of carboxylic acids is 1. The van der Waals surface area contributed by atoms with E-state index in [2.05, 4.69) is 17.9 Å². The van der Waals surface area contributed by atoms with Gasteiger partial charge in [0.2, 0.25) is 17.7 Å². The highest BCUT2D eigenvalue weighted by Crippen LogP contribution is 2.13. The number of Topliss-reactive ketones (excluding diaryl/α,β-unsaturated/α-hetero) is 1. The van der Waals surface area contributed by atoms with Gasteiger partial charge in [-0.25, -0.2) is 4.79 Å². The number of rotatable bonds is 12. The first-order chi connectivity index (χ1) is 14.3. The van der Waals surface area contributed by atoms with Crippen molar-refractivity contribution in [3.8, 4) is 0 Å². The third-order valence-corrected chi connectivity index (χ3v) is 4.88. The van der Waals surface area contributed by atoms with Gasteiger partial charge in [0, 0.05) is 31.6 Å². The van der Waals surface area contributed by atoms with E-state index in [1.807, 2.05) is 12.1 Å². The molecule has 10 heteroatoms. The molecular weight excluding hydrogens is 412 g/mol. The fraction of sp³-hybridized carbons (Fsp3) is 0.450. The van der Waals surface area contributed by atoms with Gasteiger partial charge in [-0.2, -0.15) is 12.6 Å². The second-order valence-corrected chi connectivity index (χ2v) is 7.22. The molecule has 0 radical (unpaired) electrons. The van der Waals surface area contributed by atoms with E-state index in [1.165, 1.54) is 4.90 Å². The number of benzene rings is 1. The highest BCUT2D eigenvalue weighted by molar-refractivity contribution is 7.80. The maximum Gasteiger partial charge on any atom is 0.327 e. The number of hydrogen-bond acceptors (Lipinski definition) is 7. The molecule has 1 heterocycles. The van der Waals surface area contributed by atoms with Gasteiger partial charge in [0.1, 0.15) is 19.3 Å². The maximum absolute atomic E-state index is 12.0. The van der Waals surface area contributed by atoms with Crippen LogP contribution < -0.4 is 5.32 Å². The summed E-state index contributed by atoms with van der Waals surface area (Å²) >= 11 is 3.84. The Bertz CT molecular complexity index is 810. The number of carboxylic acid groups (broad SMARTS) is 1. The Labute approximate surface area is 179 Å². The molecule has 2 N–H and O–H groups in total. The van der Waals surface area contributed by atoms with E-state index < -0.39 is 24.5 Å². The first-order valence-corrected chi connectivity index (χ1v) is 10.1. The second kappa shape index (κ2) is 11.5. The number of amides is 3. The summed E-state index contributed by atoms with van der Waals surface area (Å²) in [6.45, 7) is -0.195. The van der Waals surface area contributed by atoms with Gasteiger partial charge in [0.15, 0.2) is 5.78 Å². The summed E-state index contributed by atoms with van der Waals surface area (Å²) in [5, 5.41) is 11.1. The summed E-state index contributed by atoms with van der Waals surface area (Å²) in [7, 11) is 0. The number of β-lactam (4-membered cyclic amide) rings is 1. The lowest BCUT2D eigenvalue weighted by Gasteiger charge is -2.28. The Kier molecular flexibility index (Phi) is 9.00. The van der Waals surface area contributed by atoms with Crippen molar-refractivity contribution < 1.29 is 33.8 Å². The van der Waals surface area contributed by atoms with Crippen LogP contribution in [0.3, 0.4) is 0 Å². The van der Waals surface area contributed by atoms with Gasteiger partial charge in [0.25, 0.3) is 0 Å². The van der Waals surface area contributed by atoms with Gasteiger partial charge < -0.3 is 15.2 Å². The van der Waals surface area contributed by atoms with Crippen molar-refractivity contribution in [3.63, 3.8) is 0 Å². The van der Waals surface area contributed by atoms with Crippen molar-refractivity contribution in [3.05, 3.63) is 35.4 Å². The molecule has 30 heavy (non-hydrogen) atoms. The van der Waals surface area contributed by atoms with Crippen molar-refractivity contribution >= 4 is 42.1 Å². The number of aryl methyl sites for hydroxylation is 1. The molecule has 0 aliphatic carbocycles. The van der Waals surface area contributed by atoms with E-state index in [0.29, 0.717) is 19.4 Å². The van der Waals surface area contributed by atoms with Crippen LogP contribution in [0.4, 0.5) is 0 Å². The Morgan fingerprint density at radius 2 is 1.80 bits per heavy atom. The van der Waals surface area contributed by atoms with Crippen LogP contribution in [0.1, 0.15) is 24.0 Å². The number of thiol groups is 1. The molecule has 0 bridgehead atoms. The molecule has 1 fully saturated rings. The number of nitrogens with one attached hydrogen (secondary N) is 1. The minimum atomic E-state index is -1.20. The summed E-state index contributed by atoms with van der Waals surface area (Å²) < 4.78 is 5.04. The number of nitrogens with zero attached hydrogens (tertiary/aromatic N) is 1. The molecule has 2 rings (SSSR count). The number of carbonyl (C=O) groups is 5. The van der Waals surface area contributed by atoms with Crippen LogP contribution in [0.15, 0.2) is 24.3 Å². The monoisotopic (exact) mass is 436 g/mol. The van der Waals surface area contributed by atoms with E-state index in [1.54, 1.807) is 12.1 Å². The summed E-state index contributed by atoms with van der Waals surface area (Å²) in [6, 6.07) is 6.10. The van der Waals surface area contributed by atoms with Crippen molar-refractivity contribution in [2.24, 2.45) is 0 Å². The number of likely N-dealkylation sites (tertiary alicyclic amines) is 1. The Morgan fingerprint density at radius 3 is 2.33 bits per heavy atom. The summed E-state index contributed by atoms with van der Waals surface area (Å²) in [6.07, 6.45) is 1.33. The van der Waals surface area contributed by atoms with Gasteiger partial charge in [-0.15, -0.1) is 0 Å². The second-order valence-electron chi connectivity index (χ2n) is 6.85. The Hall–Kier alpha value is -2.72. The number of ether oxygens (including phenoxy) is 1. The van der Waals surface area contributed by atoms with Crippen LogP contribution in [0.5, 0.6) is 0 Å². The fourth-order valence-electron chi connectivity index (χ4n) is 2.75. The molecule has 1 aromatic carbocycles. The van der Waals surface area contributed by atoms with E-state index in [0.717, 1.165) is 11.1 Å². The third kappa shape index (κ3) is 7.27. The number of imide groups is 1. The molecular formula is C20H24N2O7S. The largest absolute Gasteiger partial charge is 0.480 e. The molecule has 1 atom stereocenters. The quantitative estimate of drug-likeness (QED) is 0.311. The molecule has 9 nitrogen and oxygen atoms in total. The van der Waals surface area contributed by atoms with Gasteiger partial charge in [-0.1, -0.05) is 24.3 Å². The molecule has 1 aliphatic heterocycles. The molecule has 1 aromatic rings. The first kappa shape index (κ1) is 23.6. The fourth-order valence-corrected chi connectivity index (χ4v) is 2.99. The molecule has 1 aliphatic rings. The maximum atomic E-state index is 12.0. The van der Waals surface area contributed by atoms with Crippen molar-refractivity contribution in [2.45, 2.75) is 31.7 Å². The summed E-state index contributed by atoms with van der Waals surface area (Å²) in [5.41, 5.74) is 1.69. The van der Waals surface area contributed by atoms with Gasteiger partial charge in [-0.3, -0.25) is 24.1 Å². The average molecular weight is 436 g/mol. The Balaban J connectivity index is 1.67. The van der Waals surface area contributed by atoms with Gasteiger partial charge in [0.05, 0.1) is 0 Å². The lowest BCUT2D eigenvalue weighted by Crippen LogP contribution is -2.47. The molecule has 3 amide bonds. The van der Waals surface area contributed by atoms with Crippen molar-refractivity contribution in [1.82, 2.24) is 10.2 Å². The van der Waals surface area contributed by atoms with E-state index in [4.69, 9.17) is 9.84 Å². The van der Waals surface area contributed by atoms with Crippen molar-refractivity contribution in [2.75, 3.05) is 25.5 Å². The number of carbonyl (C=O) groups excluding carboxylic acids is 4. The lowest BCUT2D eigenvalue weighted by atomic mass is 10.0. The van der Waals surface area contributed by atoms with Gasteiger partial charge in [-0.05, 0) is 17.5 Å². The van der Waals surface area contributed by atoms with Crippen LogP contribution in [0.25, 0.3) is 0 Å². The van der Waals surface area contributed by atoms with Gasteiger partial charge >= 0.3 is 5.97 Å². The lowest BCUT2D eigenvalue weighted by molar-refractivity contribution is -0.152. The Morgan fingerprint density at radius 1 is 1.13 bits per heavy atom. The van der Waals surface area contributed by atoms with E-state index >= 15 is 0 Å². The highest BCUT2D eigenvalue weighted by Gasteiger charge is 2.29. The average Bonchev–Trinajstić information content (AvgIpc) is 2.70. The van der Waals surface area contributed by atoms with Crippen molar-refractivity contribution in [1.29, 1.82) is 0 Å². The molecule has 162 valence electrons. The minimum absolute atomic E-state index is 0.0550. The zero-order chi connectivity index (χ0) is 22.1. The molecule has 1 unspecified atom stereocenters. The number of ketones is 1. The summed E-state index contributed by atoms with van der Waals surface area (Å²) in [5.74, 6) is -2.42. The number of hydrogen-bond donors (Lipinski definition) is 3. The zero-order valence-corrected chi connectivity index (χ0v) is 17.2. The summed E-state index contributed by atoms with van der Waals surface area (Å²) in [4.78, 5) is 58.8. The topological polar surface area (TPSA) is 130 Å². The third-order valence-electron chi connectivity index (χ3n) is 4.52. The first-order valence-electron chi connectivity index (χ1n) is 9.43. The predicted octanol–water partition coefficient (Wildman–Crippen LogP) is 0.00550. The van der Waals surface area contributed by atoms with Crippen LogP contribution in [-0.2, 0) is 41.6 Å². The van der Waals surface area contributed by atoms with E-state index in [9.17, 15) is 24.0 Å². The minimum Gasteiger partial charge on any atom is -0.480 e. The molecule has 0 saturated carbocycles. The van der Waals surface area contributed by atoms with Crippen LogP contribution in [-0.4, -0.2) is 71.0 Å². The SMILES string of the molecule is O=C(COCC(=O)NC(CS)C(=O)O)Cc1ccc(CCC(=O)N2CCC2=O)cc1. The standard InChI is InChI=1S/C20H24N2O7S/c23-15(10-29-11-17(24)21-16(12-30)20(27)28)9-14-3-1-13(2-4-14)5-6-18(25)22-8-7-19(22)26/h1-4,16,30H,5-12H2,(H,21,24)(H,27,28). The predicted molar refractivity (Wildman–Crippen MR) is 109 cm³/mol.